The number of nitrogens with one attached hydrogen (secondary N) is 1. The number of aromatic nitrogens is 1. The average molecular weight is 427 g/mol. The number of carbonyl (C=O) groups is 1. The molecule has 158 valence electrons. The van der Waals surface area contributed by atoms with Crippen molar-refractivity contribution in [1.29, 1.82) is 0 Å². The van der Waals surface area contributed by atoms with Crippen molar-refractivity contribution in [3.8, 4) is 11.5 Å². The maximum absolute atomic E-state index is 13.2. The van der Waals surface area contributed by atoms with Gasteiger partial charge in [-0.25, -0.2) is 4.98 Å². The molecule has 4 rings (SSSR count). The molecule has 0 atom stereocenters. The quantitative estimate of drug-likeness (QED) is 0.572. The van der Waals surface area contributed by atoms with E-state index in [-0.39, 0.29) is 12.7 Å². The van der Waals surface area contributed by atoms with Gasteiger partial charge in [0.15, 0.2) is 16.6 Å². The van der Waals surface area contributed by atoms with Crippen molar-refractivity contribution in [3.63, 3.8) is 0 Å². The number of fused-ring (bicyclic) bond motifs is 2. The monoisotopic (exact) mass is 426 g/mol. The van der Waals surface area contributed by atoms with Crippen molar-refractivity contribution in [3.05, 3.63) is 48.0 Å². The lowest BCUT2D eigenvalue weighted by Gasteiger charge is -2.23. The molecule has 0 unspecified atom stereocenters. The van der Waals surface area contributed by atoms with Gasteiger partial charge in [-0.2, -0.15) is 0 Å². The van der Waals surface area contributed by atoms with Crippen LogP contribution < -0.4 is 19.3 Å². The third-order valence-corrected chi connectivity index (χ3v) is 6.60. The number of rotatable bonds is 9. The molecule has 0 spiro atoms. The maximum atomic E-state index is 13.2. The largest absolute Gasteiger partial charge is 0.454 e. The summed E-state index contributed by atoms with van der Waals surface area (Å²) in [6.45, 7) is 8.27. The zero-order valence-electron chi connectivity index (χ0n) is 17.5. The Morgan fingerprint density at radius 2 is 1.87 bits per heavy atom. The highest BCUT2D eigenvalue weighted by atomic mass is 32.1. The third-order valence-electron chi connectivity index (χ3n) is 5.56. The lowest BCUT2D eigenvalue weighted by atomic mass is 10.1. The van der Waals surface area contributed by atoms with E-state index in [9.17, 15) is 4.79 Å². The Bertz CT molecular complexity index is 961. The van der Waals surface area contributed by atoms with E-state index in [2.05, 4.69) is 26.0 Å². The van der Waals surface area contributed by atoms with Gasteiger partial charge in [-0.1, -0.05) is 41.7 Å². The van der Waals surface area contributed by atoms with E-state index in [1.807, 2.05) is 35.2 Å². The Hall–Kier alpha value is -2.64. The van der Waals surface area contributed by atoms with Gasteiger partial charge in [0.2, 0.25) is 12.7 Å². The Balaban J connectivity index is 1.56. The lowest BCUT2D eigenvalue weighted by Crippen LogP contribution is -3.12. The van der Waals surface area contributed by atoms with Crippen molar-refractivity contribution in [1.82, 2.24) is 4.98 Å². The second-order valence-corrected chi connectivity index (χ2v) is 8.42. The average Bonchev–Trinajstić information content (AvgIpc) is 3.40. The molecule has 1 N–H and O–H groups in total. The van der Waals surface area contributed by atoms with E-state index < -0.39 is 0 Å². The van der Waals surface area contributed by atoms with E-state index >= 15 is 0 Å². The van der Waals surface area contributed by atoms with E-state index in [1.165, 1.54) is 21.8 Å². The molecule has 1 amide bonds. The highest BCUT2D eigenvalue weighted by Crippen LogP contribution is 2.39. The van der Waals surface area contributed by atoms with Crippen molar-refractivity contribution >= 4 is 32.6 Å². The van der Waals surface area contributed by atoms with Gasteiger partial charge in [0.1, 0.15) is 0 Å². The number of ether oxygens (including phenoxy) is 2. The van der Waals surface area contributed by atoms with Crippen LogP contribution in [0.4, 0.5) is 5.13 Å². The molecule has 0 aliphatic carbocycles. The molecule has 1 aliphatic heterocycles. The van der Waals surface area contributed by atoms with Gasteiger partial charge in [-0.15, -0.1) is 0 Å². The Morgan fingerprint density at radius 1 is 1.13 bits per heavy atom. The van der Waals surface area contributed by atoms with E-state index in [0.29, 0.717) is 18.7 Å². The molecule has 0 saturated heterocycles. The number of amides is 1. The Kier molecular flexibility index (Phi) is 6.50. The van der Waals surface area contributed by atoms with Crippen molar-refractivity contribution in [2.45, 2.75) is 26.7 Å². The van der Waals surface area contributed by atoms with Crippen molar-refractivity contribution in [2.75, 3.05) is 37.9 Å². The molecule has 0 bridgehead atoms. The van der Waals surface area contributed by atoms with Crippen LogP contribution in [0.3, 0.4) is 0 Å². The number of nitrogens with zero attached hydrogens (tertiary/aromatic N) is 2. The Labute approximate surface area is 181 Å². The Morgan fingerprint density at radius 3 is 2.60 bits per heavy atom. The summed E-state index contributed by atoms with van der Waals surface area (Å²) in [6, 6.07) is 14.0. The summed E-state index contributed by atoms with van der Waals surface area (Å²) in [5.41, 5.74) is 2.02. The highest BCUT2D eigenvalue weighted by molar-refractivity contribution is 7.22. The standard InChI is InChI=1S/C23H27N3O3S/c1-3-25(4-2)12-13-26(22(27)11-10-17-8-6-5-7-9-17)23-24-18-14-19-20(29-16-28-19)15-21(18)30-23/h5-9,14-15H,3-4,10-13,16H2,1-2H3/p+1. The van der Waals surface area contributed by atoms with Gasteiger partial charge in [-0.05, 0) is 25.8 Å². The minimum Gasteiger partial charge on any atom is -0.454 e. The molecule has 2 aromatic carbocycles. The molecule has 6 nitrogen and oxygen atoms in total. The van der Waals surface area contributed by atoms with E-state index in [0.717, 1.165) is 47.2 Å². The van der Waals surface area contributed by atoms with Crippen LogP contribution in [0.1, 0.15) is 25.8 Å². The van der Waals surface area contributed by atoms with Crippen LogP contribution in [0.5, 0.6) is 11.5 Å². The van der Waals surface area contributed by atoms with Crippen molar-refractivity contribution in [2.24, 2.45) is 0 Å². The number of aryl methyl sites for hydroxylation is 1. The van der Waals surface area contributed by atoms with Crippen LogP contribution in [0, 0.1) is 0 Å². The predicted molar refractivity (Wildman–Crippen MR) is 120 cm³/mol. The molecule has 0 radical (unpaired) electrons. The fraction of sp³-hybridized carbons (Fsp3) is 0.391. The molecule has 0 fully saturated rings. The lowest BCUT2D eigenvalue weighted by molar-refractivity contribution is -0.894. The number of likely N-dealkylation sites (N-methyl/N-ethyl adjacent to an activating group) is 1. The fourth-order valence-corrected chi connectivity index (χ4v) is 4.67. The van der Waals surface area contributed by atoms with Gasteiger partial charge in [0, 0.05) is 18.6 Å². The number of anilines is 1. The van der Waals surface area contributed by atoms with Gasteiger partial charge in [0.25, 0.3) is 0 Å². The number of hydrogen-bond acceptors (Lipinski definition) is 5. The van der Waals surface area contributed by atoms with Crippen LogP contribution in [0.2, 0.25) is 0 Å². The van der Waals surface area contributed by atoms with E-state index in [1.54, 1.807) is 0 Å². The minimum absolute atomic E-state index is 0.115. The summed E-state index contributed by atoms with van der Waals surface area (Å²) < 4.78 is 12.0. The number of hydrogen-bond donors (Lipinski definition) is 1. The van der Waals surface area contributed by atoms with Crippen LogP contribution in [0.15, 0.2) is 42.5 Å². The molecule has 30 heavy (non-hydrogen) atoms. The first-order valence-corrected chi connectivity index (χ1v) is 11.4. The smallest absolute Gasteiger partial charge is 0.231 e. The normalized spacial score (nSPS) is 12.6. The molecule has 7 heteroatoms. The SMILES string of the molecule is CC[NH+](CC)CCN(C(=O)CCc1ccccc1)c1nc2cc3c(cc2s1)OCO3. The zero-order chi connectivity index (χ0) is 20.9. The fourth-order valence-electron chi connectivity index (χ4n) is 3.65. The molecule has 1 aliphatic rings. The minimum atomic E-state index is 0.115. The number of thiazole rings is 1. The van der Waals surface area contributed by atoms with Gasteiger partial charge >= 0.3 is 0 Å². The summed E-state index contributed by atoms with van der Waals surface area (Å²) in [4.78, 5) is 21.3. The third kappa shape index (κ3) is 4.57. The molecular formula is C23H28N3O3S+. The molecule has 1 aromatic heterocycles. The first kappa shape index (κ1) is 20.6. The number of benzene rings is 2. The zero-order valence-corrected chi connectivity index (χ0v) is 18.3. The second kappa shape index (κ2) is 9.45. The molecule has 0 saturated carbocycles. The summed E-state index contributed by atoms with van der Waals surface area (Å²) in [7, 11) is 0. The molecule has 3 aromatic rings. The van der Waals surface area contributed by atoms with Gasteiger partial charge in [-0.3, -0.25) is 9.69 Å². The van der Waals surface area contributed by atoms with Crippen LogP contribution >= 0.6 is 11.3 Å². The van der Waals surface area contributed by atoms with Crippen LogP contribution in [0.25, 0.3) is 10.2 Å². The topological polar surface area (TPSA) is 56.1 Å². The molecular weight excluding hydrogens is 398 g/mol. The molecule has 2 heterocycles. The van der Waals surface area contributed by atoms with Crippen LogP contribution in [-0.2, 0) is 11.2 Å². The van der Waals surface area contributed by atoms with Crippen molar-refractivity contribution < 1.29 is 19.2 Å². The van der Waals surface area contributed by atoms with Gasteiger partial charge in [0.05, 0.1) is 36.4 Å². The summed E-state index contributed by atoms with van der Waals surface area (Å²) in [5, 5.41) is 0.748. The van der Waals surface area contributed by atoms with Gasteiger partial charge < -0.3 is 14.4 Å². The summed E-state index contributed by atoms with van der Waals surface area (Å²) >= 11 is 1.54. The second-order valence-electron chi connectivity index (χ2n) is 7.41. The van der Waals surface area contributed by atoms with E-state index in [4.69, 9.17) is 14.5 Å². The maximum Gasteiger partial charge on any atom is 0.231 e. The van der Waals surface area contributed by atoms with Crippen LogP contribution in [-0.4, -0.2) is 43.9 Å². The summed E-state index contributed by atoms with van der Waals surface area (Å²) in [6.07, 6.45) is 1.20. The predicted octanol–water partition coefficient (Wildman–Crippen LogP) is 2.92. The first-order valence-electron chi connectivity index (χ1n) is 10.6. The first-order chi connectivity index (χ1) is 14.7. The highest BCUT2D eigenvalue weighted by Gasteiger charge is 2.23. The number of quaternary nitrogens is 1. The summed E-state index contributed by atoms with van der Waals surface area (Å²) in [5.74, 6) is 1.57. The number of carbonyl (C=O) groups excluding carboxylic acids is 1.